The van der Waals surface area contributed by atoms with Crippen LogP contribution in [-0.4, -0.2) is 72.6 Å². The summed E-state index contributed by atoms with van der Waals surface area (Å²) in [5.74, 6) is -1.04. The number of hydrogen-bond acceptors (Lipinski definition) is 5. The van der Waals surface area contributed by atoms with Crippen molar-refractivity contribution < 1.29 is 28.0 Å². The molecule has 8 nitrogen and oxygen atoms in total. The summed E-state index contributed by atoms with van der Waals surface area (Å²) in [6, 6.07) is 8.88. The highest BCUT2D eigenvalue weighted by Crippen LogP contribution is 2.64. The van der Waals surface area contributed by atoms with Crippen LogP contribution in [0.25, 0.3) is 0 Å². The van der Waals surface area contributed by atoms with Gasteiger partial charge in [0.1, 0.15) is 11.6 Å². The summed E-state index contributed by atoms with van der Waals surface area (Å²) in [6.45, 7) is 9.84. The van der Waals surface area contributed by atoms with Crippen LogP contribution in [0, 0.1) is 29.9 Å². The van der Waals surface area contributed by atoms with E-state index < -0.39 is 17.0 Å². The SMILES string of the molecule is CCCN(CCC)C(=O)c1cc(C)cc(C(=O)CC2(CCCNC(=O)CCC3CCN(C(=O)CCCCCN)CC3)C[C@H]2c2cc(F)cc(F)c2)c1. The number of carbonyl (C=O) groups is 4. The molecule has 3 N–H and O–H groups in total. The number of rotatable bonds is 21. The van der Waals surface area contributed by atoms with Crippen LogP contribution in [-0.2, 0) is 9.59 Å². The zero-order valence-electron chi connectivity index (χ0n) is 31.6. The van der Waals surface area contributed by atoms with E-state index in [1.807, 2.05) is 42.7 Å². The summed E-state index contributed by atoms with van der Waals surface area (Å²) in [7, 11) is 0. The van der Waals surface area contributed by atoms with Crippen molar-refractivity contribution in [2.24, 2.45) is 17.1 Å². The number of halogens is 2. The van der Waals surface area contributed by atoms with Gasteiger partial charge in [0, 0.05) is 69.2 Å². The zero-order chi connectivity index (χ0) is 37.7. The van der Waals surface area contributed by atoms with Crippen molar-refractivity contribution in [3.8, 4) is 0 Å². The number of likely N-dealkylation sites (tertiary alicyclic amines) is 1. The third-order valence-corrected chi connectivity index (χ3v) is 10.9. The Morgan fingerprint density at radius 3 is 2.21 bits per heavy atom. The van der Waals surface area contributed by atoms with Crippen LogP contribution in [0.2, 0.25) is 0 Å². The molecule has 2 aromatic carbocycles. The molecule has 2 fully saturated rings. The molecule has 286 valence electrons. The first-order chi connectivity index (χ1) is 25.0. The highest BCUT2D eigenvalue weighted by molar-refractivity contribution is 6.01. The number of carbonyl (C=O) groups excluding carboxylic acids is 4. The molecule has 3 amide bonds. The van der Waals surface area contributed by atoms with E-state index in [4.69, 9.17) is 5.73 Å². The Morgan fingerprint density at radius 1 is 0.885 bits per heavy atom. The van der Waals surface area contributed by atoms with E-state index in [0.29, 0.717) is 80.9 Å². The molecule has 0 spiro atoms. The fourth-order valence-electron chi connectivity index (χ4n) is 8.00. The third-order valence-electron chi connectivity index (χ3n) is 10.9. The normalized spacial score (nSPS) is 18.7. The summed E-state index contributed by atoms with van der Waals surface area (Å²) in [5.41, 5.74) is 7.38. The van der Waals surface area contributed by atoms with Gasteiger partial charge in [0.25, 0.3) is 5.91 Å². The van der Waals surface area contributed by atoms with Crippen LogP contribution in [0.3, 0.4) is 0 Å². The van der Waals surface area contributed by atoms with Gasteiger partial charge in [-0.05, 0) is 136 Å². The number of amides is 3. The average Bonchev–Trinajstić information content (AvgIpc) is 3.83. The van der Waals surface area contributed by atoms with E-state index in [1.165, 1.54) is 12.1 Å². The lowest BCUT2D eigenvalue weighted by molar-refractivity contribution is -0.133. The van der Waals surface area contributed by atoms with Crippen LogP contribution in [0.1, 0.15) is 141 Å². The van der Waals surface area contributed by atoms with E-state index >= 15 is 0 Å². The standard InChI is InChI=1S/C42H60F2N4O4/c1-4-18-48(19-5-2)41(52)34-23-30(3)22-33(24-34)38(49)29-42(28-37(42)32-25-35(43)27-36(44)26-32)15-9-17-46-39(50)12-11-31-13-20-47(21-14-31)40(51)10-7-6-8-16-45/h22-27,31,37H,4-21,28-29,45H2,1-3H3,(H,46,50)/t37-,42?/m0/s1. The molecular formula is C42H60F2N4O4. The first-order valence-corrected chi connectivity index (χ1v) is 19.6. The predicted octanol–water partition coefficient (Wildman–Crippen LogP) is 7.72. The molecule has 1 unspecified atom stereocenters. The fourth-order valence-corrected chi connectivity index (χ4v) is 8.00. The summed E-state index contributed by atoms with van der Waals surface area (Å²) < 4.78 is 28.5. The quantitative estimate of drug-likeness (QED) is 0.101. The van der Waals surface area contributed by atoms with E-state index in [-0.39, 0.29) is 35.8 Å². The van der Waals surface area contributed by atoms with Gasteiger partial charge in [-0.1, -0.05) is 20.3 Å². The molecule has 2 atom stereocenters. The van der Waals surface area contributed by atoms with Gasteiger partial charge >= 0.3 is 0 Å². The number of Topliss-reactive ketones (excluding diaryl/α,β-unsaturated/α-hetero) is 1. The largest absolute Gasteiger partial charge is 0.356 e. The first-order valence-electron chi connectivity index (χ1n) is 19.6. The van der Waals surface area contributed by atoms with Gasteiger partial charge in [-0.15, -0.1) is 0 Å². The molecular weight excluding hydrogens is 662 g/mol. The number of nitrogens with two attached hydrogens (primary N) is 1. The lowest BCUT2D eigenvalue weighted by atomic mass is 9.86. The molecule has 0 aromatic heterocycles. The number of piperidine rings is 1. The Bertz CT molecular complexity index is 1500. The zero-order valence-corrected chi connectivity index (χ0v) is 31.6. The minimum Gasteiger partial charge on any atom is -0.356 e. The summed E-state index contributed by atoms with van der Waals surface area (Å²) in [6.07, 6.45) is 10.1. The Balaban J connectivity index is 1.31. The third kappa shape index (κ3) is 11.9. The van der Waals surface area contributed by atoms with Crippen molar-refractivity contribution in [1.82, 2.24) is 15.1 Å². The summed E-state index contributed by atoms with van der Waals surface area (Å²) in [4.78, 5) is 56.4. The number of benzene rings is 2. The maximum atomic E-state index is 14.2. The number of nitrogens with zero attached hydrogens (tertiary/aromatic N) is 2. The van der Waals surface area contributed by atoms with Gasteiger partial charge in [-0.3, -0.25) is 19.2 Å². The van der Waals surface area contributed by atoms with Gasteiger partial charge in [0.05, 0.1) is 0 Å². The fraction of sp³-hybridized carbons (Fsp3) is 0.619. The van der Waals surface area contributed by atoms with Crippen molar-refractivity contribution >= 4 is 23.5 Å². The maximum absolute atomic E-state index is 14.2. The number of ketones is 1. The smallest absolute Gasteiger partial charge is 0.253 e. The molecule has 52 heavy (non-hydrogen) atoms. The number of hydrogen-bond donors (Lipinski definition) is 2. The molecule has 2 aliphatic rings. The van der Waals surface area contributed by atoms with Crippen molar-refractivity contribution in [2.75, 3.05) is 39.3 Å². The lowest BCUT2D eigenvalue weighted by Gasteiger charge is -2.32. The average molecular weight is 723 g/mol. The van der Waals surface area contributed by atoms with Gasteiger partial charge in [-0.25, -0.2) is 8.78 Å². The minimum atomic E-state index is -0.643. The van der Waals surface area contributed by atoms with Crippen molar-refractivity contribution in [3.63, 3.8) is 0 Å². The highest BCUT2D eigenvalue weighted by atomic mass is 19.1. The van der Waals surface area contributed by atoms with Crippen LogP contribution in [0.15, 0.2) is 36.4 Å². The second kappa shape index (κ2) is 20.0. The van der Waals surface area contributed by atoms with Crippen LogP contribution >= 0.6 is 0 Å². The minimum absolute atomic E-state index is 0.0137. The Morgan fingerprint density at radius 2 is 1.56 bits per heavy atom. The monoisotopic (exact) mass is 722 g/mol. The molecule has 10 heteroatoms. The first kappa shape index (κ1) is 41.1. The summed E-state index contributed by atoms with van der Waals surface area (Å²) >= 11 is 0. The Labute approximate surface area is 309 Å². The number of aryl methyl sites for hydroxylation is 1. The topological polar surface area (TPSA) is 113 Å². The molecule has 0 bridgehead atoms. The Kier molecular flexibility index (Phi) is 15.8. The summed E-state index contributed by atoms with van der Waals surface area (Å²) in [5, 5.41) is 3.04. The van der Waals surface area contributed by atoms with E-state index in [0.717, 1.165) is 76.1 Å². The van der Waals surface area contributed by atoms with Gasteiger partial charge in [-0.2, -0.15) is 0 Å². The lowest BCUT2D eigenvalue weighted by Crippen LogP contribution is -2.38. The second-order valence-corrected chi connectivity index (χ2v) is 15.2. The second-order valence-electron chi connectivity index (χ2n) is 15.2. The van der Waals surface area contributed by atoms with Crippen molar-refractivity contribution in [1.29, 1.82) is 0 Å². The van der Waals surface area contributed by atoms with Gasteiger partial charge in [0.15, 0.2) is 5.78 Å². The van der Waals surface area contributed by atoms with E-state index in [1.54, 1.807) is 6.07 Å². The van der Waals surface area contributed by atoms with Crippen LogP contribution in [0.5, 0.6) is 0 Å². The number of nitrogens with one attached hydrogen (secondary N) is 1. The molecule has 0 radical (unpaired) electrons. The molecule has 1 heterocycles. The van der Waals surface area contributed by atoms with E-state index in [9.17, 15) is 28.0 Å². The highest BCUT2D eigenvalue weighted by Gasteiger charge is 2.55. The van der Waals surface area contributed by atoms with Gasteiger partial charge in [0.2, 0.25) is 11.8 Å². The Hall–Kier alpha value is -3.66. The van der Waals surface area contributed by atoms with E-state index in [2.05, 4.69) is 5.32 Å². The van der Waals surface area contributed by atoms with Crippen LogP contribution in [0.4, 0.5) is 8.78 Å². The molecule has 1 saturated carbocycles. The van der Waals surface area contributed by atoms with Crippen molar-refractivity contribution in [3.05, 3.63) is 70.3 Å². The molecule has 4 rings (SSSR count). The van der Waals surface area contributed by atoms with Gasteiger partial charge < -0.3 is 20.9 Å². The molecule has 1 aliphatic heterocycles. The van der Waals surface area contributed by atoms with Crippen LogP contribution < -0.4 is 11.1 Å². The molecule has 1 saturated heterocycles. The molecule has 1 aliphatic carbocycles. The maximum Gasteiger partial charge on any atom is 0.253 e. The van der Waals surface area contributed by atoms with Crippen molar-refractivity contribution in [2.45, 2.75) is 117 Å². The molecule has 2 aromatic rings. The number of unbranched alkanes of at least 4 members (excludes halogenated alkanes) is 2. The predicted molar refractivity (Wildman–Crippen MR) is 201 cm³/mol.